The van der Waals surface area contributed by atoms with Crippen molar-refractivity contribution in [2.24, 2.45) is 0 Å². The number of carboxylic acid groups (broad SMARTS) is 1. The first-order valence-corrected chi connectivity index (χ1v) is 6.10. The second-order valence-corrected chi connectivity index (χ2v) is 4.68. The van der Waals surface area contributed by atoms with Crippen molar-refractivity contribution < 1.29 is 18.7 Å². The van der Waals surface area contributed by atoms with Crippen LogP contribution in [0.2, 0.25) is 0 Å². The molecule has 0 bridgehead atoms. The summed E-state index contributed by atoms with van der Waals surface area (Å²) in [6.45, 7) is 3.66. The molecule has 0 aliphatic rings. The minimum Gasteiger partial charge on any atom is -0.480 e. The number of aliphatic carboxylic acids is 1. The van der Waals surface area contributed by atoms with E-state index in [1.165, 1.54) is 11.8 Å². The molecule has 1 rings (SSSR count). The van der Waals surface area contributed by atoms with Gasteiger partial charge in [0, 0.05) is 16.2 Å². The molecule has 0 saturated carbocycles. The molecule has 0 aliphatic carbocycles. The Morgan fingerprint density at radius 3 is 2.47 bits per heavy atom. The predicted octanol–water partition coefficient (Wildman–Crippen LogP) is 2.87. The van der Waals surface area contributed by atoms with Crippen LogP contribution in [0, 0.1) is 15.2 Å². The van der Waals surface area contributed by atoms with Crippen LogP contribution in [0.1, 0.15) is 13.8 Å². The van der Waals surface area contributed by atoms with Gasteiger partial charge in [-0.25, -0.2) is 13.6 Å². The van der Waals surface area contributed by atoms with Gasteiger partial charge in [0.1, 0.15) is 6.04 Å². The summed E-state index contributed by atoms with van der Waals surface area (Å²) in [5, 5.41) is 8.95. The summed E-state index contributed by atoms with van der Waals surface area (Å²) in [4.78, 5) is 12.4. The first-order valence-electron chi connectivity index (χ1n) is 5.02. The second kappa shape index (κ2) is 5.61. The number of carboxylic acids is 1. The van der Waals surface area contributed by atoms with Crippen LogP contribution in [-0.4, -0.2) is 23.7 Å². The fraction of sp³-hybridized carbons (Fsp3) is 0.364. The Morgan fingerprint density at radius 2 is 2.00 bits per heavy atom. The van der Waals surface area contributed by atoms with Gasteiger partial charge in [-0.3, -0.25) is 0 Å². The molecule has 6 heteroatoms. The number of hydrogen-bond acceptors (Lipinski definition) is 2. The van der Waals surface area contributed by atoms with Crippen LogP contribution in [0.5, 0.6) is 0 Å². The third kappa shape index (κ3) is 3.05. The fourth-order valence-electron chi connectivity index (χ4n) is 1.52. The molecule has 0 aliphatic heterocycles. The Labute approximate surface area is 112 Å². The third-order valence-corrected chi connectivity index (χ3v) is 3.33. The van der Waals surface area contributed by atoms with Gasteiger partial charge >= 0.3 is 5.97 Å². The van der Waals surface area contributed by atoms with Crippen LogP contribution in [0.15, 0.2) is 12.1 Å². The molecule has 3 nitrogen and oxygen atoms in total. The van der Waals surface area contributed by atoms with E-state index in [0.29, 0.717) is 15.8 Å². The first kappa shape index (κ1) is 14.1. The van der Waals surface area contributed by atoms with Crippen LogP contribution < -0.4 is 4.90 Å². The highest BCUT2D eigenvalue weighted by atomic mass is 127. The molecule has 0 aromatic heterocycles. The van der Waals surface area contributed by atoms with Gasteiger partial charge in [-0.1, -0.05) is 0 Å². The number of nitrogens with zero attached hydrogens (tertiary/aromatic N) is 1. The van der Waals surface area contributed by atoms with Crippen molar-refractivity contribution >= 4 is 34.2 Å². The molecule has 1 N–H and O–H groups in total. The smallest absolute Gasteiger partial charge is 0.326 e. The molecule has 0 heterocycles. The summed E-state index contributed by atoms with van der Waals surface area (Å²) in [6, 6.07) is 1.29. The monoisotopic (exact) mass is 355 g/mol. The Bertz CT molecular complexity index is 440. The Balaban J connectivity index is 3.21. The molecule has 0 saturated heterocycles. The Kier molecular flexibility index (Phi) is 4.67. The van der Waals surface area contributed by atoms with Crippen LogP contribution in [0.25, 0.3) is 0 Å². The first-order chi connectivity index (χ1) is 7.88. The van der Waals surface area contributed by atoms with Gasteiger partial charge in [-0.15, -0.1) is 0 Å². The zero-order chi connectivity index (χ0) is 13.2. The van der Waals surface area contributed by atoms with Crippen LogP contribution >= 0.6 is 22.6 Å². The molecule has 94 valence electrons. The summed E-state index contributed by atoms with van der Waals surface area (Å²) < 4.78 is 26.6. The minimum absolute atomic E-state index is 0.391. The molecule has 0 amide bonds. The van der Waals surface area contributed by atoms with Gasteiger partial charge in [0.15, 0.2) is 11.6 Å². The van der Waals surface area contributed by atoms with Crippen molar-refractivity contribution in [3.8, 4) is 0 Å². The normalized spacial score (nSPS) is 12.3. The molecule has 1 aromatic carbocycles. The Hall–Kier alpha value is -0.920. The van der Waals surface area contributed by atoms with Gasteiger partial charge in [0.2, 0.25) is 0 Å². The van der Waals surface area contributed by atoms with E-state index >= 15 is 0 Å². The summed E-state index contributed by atoms with van der Waals surface area (Å²) >= 11 is 1.86. The van der Waals surface area contributed by atoms with E-state index in [-0.39, 0.29) is 0 Å². The number of benzene rings is 1. The van der Waals surface area contributed by atoms with E-state index in [2.05, 4.69) is 0 Å². The highest BCUT2D eigenvalue weighted by Crippen LogP contribution is 2.27. The lowest BCUT2D eigenvalue weighted by Gasteiger charge is -2.28. The van der Waals surface area contributed by atoms with Crippen molar-refractivity contribution in [1.29, 1.82) is 0 Å². The predicted molar refractivity (Wildman–Crippen MR) is 69.2 cm³/mol. The lowest BCUT2D eigenvalue weighted by Crippen LogP contribution is -2.39. The molecule has 0 unspecified atom stereocenters. The highest BCUT2D eigenvalue weighted by Gasteiger charge is 2.22. The van der Waals surface area contributed by atoms with Crippen LogP contribution in [0.3, 0.4) is 0 Å². The van der Waals surface area contributed by atoms with Crippen molar-refractivity contribution in [3.05, 3.63) is 27.3 Å². The van der Waals surface area contributed by atoms with Gasteiger partial charge in [-0.05, 0) is 42.5 Å². The maximum atomic E-state index is 13.2. The topological polar surface area (TPSA) is 40.5 Å². The van der Waals surface area contributed by atoms with Gasteiger partial charge in [-0.2, -0.15) is 0 Å². The molecule has 0 radical (unpaired) electrons. The van der Waals surface area contributed by atoms with Gasteiger partial charge in [0.25, 0.3) is 0 Å². The fourth-order valence-corrected chi connectivity index (χ4v) is 2.26. The van der Waals surface area contributed by atoms with E-state index in [1.807, 2.05) is 22.6 Å². The molecule has 1 atom stereocenters. The molecular formula is C11H12F2INO2. The van der Waals surface area contributed by atoms with Crippen molar-refractivity contribution in [2.45, 2.75) is 19.9 Å². The third-order valence-electron chi connectivity index (χ3n) is 2.46. The largest absolute Gasteiger partial charge is 0.480 e. The highest BCUT2D eigenvalue weighted by molar-refractivity contribution is 14.1. The van der Waals surface area contributed by atoms with Crippen molar-refractivity contribution in [3.63, 3.8) is 0 Å². The number of halogens is 3. The molecule has 0 fully saturated rings. The quantitative estimate of drug-likeness (QED) is 0.667. The summed E-state index contributed by atoms with van der Waals surface area (Å²) in [7, 11) is 0. The van der Waals surface area contributed by atoms with Gasteiger partial charge < -0.3 is 10.0 Å². The number of carbonyl (C=O) groups is 1. The van der Waals surface area contributed by atoms with Gasteiger partial charge in [0.05, 0.1) is 5.69 Å². The lowest BCUT2D eigenvalue weighted by atomic mass is 10.2. The summed E-state index contributed by atoms with van der Waals surface area (Å²) in [5.41, 5.74) is 0.391. The number of hydrogen-bond donors (Lipinski definition) is 1. The van der Waals surface area contributed by atoms with E-state index in [1.54, 1.807) is 6.92 Å². The van der Waals surface area contributed by atoms with Crippen molar-refractivity contribution in [1.82, 2.24) is 0 Å². The second-order valence-electron chi connectivity index (χ2n) is 3.52. The average Bonchev–Trinajstić information content (AvgIpc) is 2.25. The maximum Gasteiger partial charge on any atom is 0.326 e. The summed E-state index contributed by atoms with van der Waals surface area (Å²) in [6.07, 6.45) is 0. The van der Waals surface area contributed by atoms with E-state index in [0.717, 1.165) is 12.1 Å². The number of rotatable bonds is 4. The van der Waals surface area contributed by atoms with Crippen LogP contribution in [-0.2, 0) is 4.79 Å². The maximum absolute atomic E-state index is 13.2. The number of anilines is 1. The zero-order valence-corrected chi connectivity index (χ0v) is 11.5. The zero-order valence-electron chi connectivity index (χ0n) is 9.38. The van der Waals surface area contributed by atoms with E-state index in [4.69, 9.17) is 5.11 Å². The standard InChI is InChI=1S/C11H12F2INO2/c1-3-15(6(2)11(16)17)10-5-8(13)7(12)4-9(10)14/h4-6H,3H2,1-2H3,(H,16,17)/t6-/m0/s1. The molecular weight excluding hydrogens is 343 g/mol. The van der Waals surface area contributed by atoms with Crippen LogP contribution in [0.4, 0.5) is 14.5 Å². The molecule has 1 aromatic rings. The summed E-state index contributed by atoms with van der Waals surface area (Å²) in [5.74, 6) is -2.92. The van der Waals surface area contributed by atoms with E-state index < -0.39 is 23.6 Å². The molecule has 0 spiro atoms. The lowest BCUT2D eigenvalue weighted by molar-refractivity contribution is -0.138. The van der Waals surface area contributed by atoms with E-state index in [9.17, 15) is 13.6 Å². The Morgan fingerprint density at radius 1 is 1.47 bits per heavy atom. The SMILES string of the molecule is CCN(c1cc(F)c(F)cc1I)[C@@H](C)C(=O)O. The van der Waals surface area contributed by atoms with Crippen molar-refractivity contribution in [2.75, 3.05) is 11.4 Å². The average molecular weight is 355 g/mol. The number of likely N-dealkylation sites (N-methyl/N-ethyl adjacent to an activating group) is 1. The minimum atomic E-state index is -1.01. The molecule has 17 heavy (non-hydrogen) atoms.